The van der Waals surface area contributed by atoms with Crippen LogP contribution < -0.4 is 0 Å². The Morgan fingerprint density at radius 2 is 0.545 bits per heavy atom. The predicted octanol–water partition coefficient (Wildman–Crippen LogP) is 3.50. The van der Waals surface area contributed by atoms with Crippen molar-refractivity contribution in [1.82, 2.24) is 0 Å². The van der Waals surface area contributed by atoms with E-state index in [-0.39, 0.29) is 0 Å². The third-order valence-corrected chi connectivity index (χ3v) is 4.46. The predicted molar refractivity (Wildman–Crippen MR) is 126 cm³/mol. The summed E-state index contributed by atoms with van der Waals surface area (Å²) in [6.07, 6.45) is 0. The van der Waals surface area contributed by atoms with Crippen molar-refractivity contribution in [3.63, 3.8) is 0 Å². The fraction of sp³-hybridized carbons (Fsp3) is 0.538. The van der Waals surface area contributed by atoms with Gasteiger partial charge < -0.3 is 33.2 Å². The number of rotatable bonds is 22. The van der Waals surface area contributed by atoms with Crippen LogP contribution in [0.1, 0.15) is 11.1 Å². The van der Waals surface area contributed by atoms with E-state index in [1.54, 1.807) is 0 Å². The first-order valence-corrected chi connectivity index (χ1v) is 11.6. The topological polar surface area (TPSA) is 64.6 Å². The van der Waals surface area contributed by atoms with Crippen LogP contribution in [-0.4, -0.2) is 79.3 Å². The molecule has 0 aliphatic rings. The lowest BCUT2D eigenvalue weighted by Gasteiger charge is -2.08. The summed E-state index contributed by atoms with van der Waals surface area (Å²) in [4.78, 5) is 0. The van der Waals surface area contributed by atoms with Crippen molar-refractivity contribution in [2.24, 2.45) is 0 Å². The summed E-state index contributed by atoms with van der Waals surface area (Å²) in [5.74, 6) is 0. The molecule has 7 nitrogen and oxygen atoms in total. The van der Waals surface area contributed by atoms with Gasteiger partial charge in [0.2, 0.25) is 0 Å². The molecular formula is C26H38O7. The van der Waals surface area contributed by atoms with Gasteiger partial charge in [0, 0.05) is 0 Å². The third kappa shape index (κ3) is 16.4. The molecule has 2 aromatic carbocycles. The molecule has 2 rings (SSSR count). The van der Waals surface area contributed by atoms with Crippen LogP contribution in [0.3, 0.4) is 0 Å². The van der Waals surface area contributed by atoms with Gasteiger partial charge in [-0.25, -0.2) is 0 Å². The van der Waals surface area contributed by atoms with E-state index in [1.165, 1.54) is 11.1 Å². The van der Waals surface area contributed by atoms with Crippen molar-refractivity contribution < 1.29 is 33.2 Å². The quantitative estimate of drug-likeness (QED) is 0.248. The van der Waals surface area contributed by atoms with Crippen molar-refractivity contribution in [1.29, 1.82) is 0 Å². The minimum atomic E-state index is 0.540. The minimum Gasteiger partial charge on any atom is -0.377 e. The van der Waals surface area contributed by atoms with Gasteiger partial charge in [-0.2, -0.15) is 0 Å². The SMILES string of the molecule is c1ccc(COCCOCCOCCOCCOCCOCCOCc2ccccc2)cc1. The van der Waals surface area contributed by atoms with Gasteiger partial charge in [0.05, 0.1) is 92.5 Å². The fourth-order valence-electron chi connectivity index (χ4n) is 2.75. The molecule has 0 N–H and O–H groups in total. The van der Waals surface area contributed by atoms with Crippen LogP contribution in [0.5, 0.6) is 0 Å². The van der Waals surface area contributed by atoms with Crippen LogP contribution in [0.4, 0.5) is 0 Å². The monoisotopic (exact) mass is 462 g/mol. The average Bonchev–Trinajstić information content (AvgIpc) is 2.86. The molecule has 0 spiro atoms. The summed E-state index contributed by atoms with van der Waals surface area (Å²) in [7, 11) is 0. The summed E-state index contributed by atoms with van der Waals surface area (Å²) in [5.41, 5.74) is 2.33. The highest BCUT2D eigenvalue weighted by Crippen LogP contribution is 2.01. The van der Waals surface area contributed by atoms with Crippen LogP contribution in [0.15, 0.2) is 60.7 Å². The van der Waals surface area contributed by atoms with E-state index < -0.39 is 0 Å². The second kappa shape index (κ2) is 20.7. The number of hydrogen-bond donors (Lipinski definition) is 0. The highest BCUT2D eigenvalue weighted by atomic mass is 16.6. The molecule has 0 amide bonds. The Bertz CT molecular complexity index is 597. The van der Waals surface area contributed by atoms with Crippen molar-refractivity contribution in [3.8, 4) is 0 Å². The molecule has 7 heteroatoms. The molecule has 0 saturated heterocycles. The maximum absolute atomic E-state index is 5.55. The summed E-state index contributed by atoms with van der Waals surface area (Å²) >= 11 is 0. The van der Waals surface area contributed by atoms with Gasteiger partial charge in [0.25, 0.3) is 0 Å². The third-order valence-electron chi connectivity index (χ3n) is 4.46. The maximum atomic E-state index is 5.55. The van der Waals surface area contributed by atoms with E-state index in [9.17, 15) is 0 Å². The molecule has 2 aromatic rings. The molecule has 0 aliphatic heterocycles. The highest BCUT2D eigenvalue weighted by Gasteiger charge is 1.96. The van der Waals surface area contributed by atoms with Crippen LogP contribution in [0, 0.1) is 0 Å². The molecule has 0 radical (unpaired) electrons. The Morgan fingerprint density at radius 1 is 0.303 bits per heavy atom. The van der Waals surface area contributed by atoms with Crippen molar-refractivity contribution in [2.75, 3.05) is 79.3 Å². The Kier molecular flexibility index (Phi) is 17.2. The first-order valence-electron chi connectivity index (χ1n) is 11.6. The minimum absolute atomic E-state index is 0.540. The smallest absolute Gasteiger partial charge is 0.0718 e. The van der Waals surface area contributed by atoms with Gasteiger partial charge in [0.15, 0.2) is 0 Å². The Morgan fingerprint density at radius 3 is 0.818 bits per heavy atom. The zero-order valence-electron chi connectivity index (χ0n) is 19.5. The van der Waals surface area contributed by atoms with Gasteiger partial charge >= 0.3 is 0 Å². The molecule has 0 atom stereocenters. The maximum Gasteiger partial charge on any atom is 0.0718 e. The van der Waals surface area contributed by atoms with Crippen LogP contribution >= 0.6 is 0 Å². The lowest BCUT2D eigenvalue weighted by Crippen LogP contribution is -2.14. The van der Waals surface area contributed by atoms with E-state index in [0.29, 0.717) is 92.5 Å². The van der Waals surface area contributed by atoms with E-state index in [0.717, 1.165) is 0 Å². The number of benzene rings is 2. The molecule has 33 heavy (non-hydrogen) atoms. The van der Waals surface area contributed by atoms with E-state index in [4.69, 9.17) is 33.2 Å². The van der Waals surface area contributed by atoms with E-state index in [2.05, 4.69) is 0 Å². The van der Waals surface area contributed by atoms with Gasteiger partial charge in [0.1, 0.15) is 0 Å². The molecule has 184 valence electrons. The zero-order chi connectivity index (χ0) is 23.1. The lowest BCUT2D eigenvalue weighted by molar-refractivity contribution is -0.0217. The molecular weight excluding hydrogens is 424 g/mol. The standard InChI is InChI=1S/C26H38O7/c1-3-7-25(8-4-1)23-32-21-19-30-17-15-28-13-11-27-12-14-29-16-18-31-20-22-33-24-26-9-5-2-6-10-26/h1-10H,11-24H2. The molecule has 0 fully saturated rings. The number of hydrogen-bond acceptors (Lipinski definition) is 7. The second-order valence-corrected chi connectivity index (χ2v) is 7.14. The molecule has 0 saturated carbocycles. The lowest BCUT2D eigenvalue weighted by atomic mass is 10.2. The molecule has 0 aromatic heterocycles. The molecule has 0 heterocycles. The summed E-state index contributed by atoms with van der Waals surface area (Å²) in [6.45, 7) is 7.86. The van der Waals surface area contributed by atoms with Crippen LogP contribution in [0.25, 0.3) is 0 Å². The summed E-state index contributed by atoms with van der Waals surface area (Å²) in [5, 5.41) is 0. The Labute approximate surface area is 197 Å². The molecule has 0 unspecified atom stereocenters. The molecule has 0 aliphatic carbocycles. The van der Waals surface area contributed by atoms with Crippen molar-refractivity contribution in [3.05, 3.63) is 71.8 Å². The average molecular weight is 463 g/mol. The normalized spacial score (nSPS) is 11.2. The van der Waals surface area contributed by atoms with E-state index in [1.807, 2.05) is 60.7 Å². The molecule has 0 bridgehead atoms. The van der Waals surface area contributed by atoms with Gasteiger partial charge in [-0.3, -0.25) is 0 Å². The second-order valence-electron chi connectivity index (χ2n) is 7.14. The van der Waals surface area contributed by atoms with E-state index >= 15 is 0 Å². The summed E-state index contributed by atoms with van der Waals surface area (Å²) < 4.78 is 38.5. The fourth-order valence-corrected chi connectivity index (χ4v) is 2.75. The zero-order valence-corrected chi connectivity index (χ0v) is 19.5. The highest BCUT2D eigenvalue weighted by molar-refractivity contribution is 5.14. The van der Waals surface area contributed by atoms with Gasteiger partial charge in [-0.15, -0.1) is 0 Å². The van der Waals surface area contributed by atoms with Crippen molar-refractivity contribution in [2.45, 2.75) is 13.2 Å². The van der Waals surface area contributed by atoms with Gasteiger partial charge in [-0.05, 0) is 11.1 Å². The largest absolute Gasteiger partial charge is 0.377 e. The first-order chi connectivity index (χ1) is 16.4. The Balaban J connectivity index is 1.20. The first kappa shape index (κ1) is 27.4. The van der Waals surface area contributed by atoms with Crippen molar-refractivity contribution >= 4 is 0 Å². The van der Waals surface area contributed by atoms with Crippen LogP contribution in [-0.2, 0) is 46.4 Å². The van der Waals surface area contributed by atoms with Crippen LogP contribution in [0.2, 0.25) is 0 Å². The summed E-state index contributed by atoms with van der Waals surface area (Å²) in [6, 6.07) is 20.2. The van der Waals surface area contributed by atoms with Gasteiger partial charge in [-0.1, -0.05) is 60.7 Å². The Hall–Kier alpha value is -1.84. The number of ether oxygens (including phenoxy) is 7.